The van der Waals surface area contributed by atoms with Crippen LogP contribution in [0.5, 0.6) is 5.75 Å². The molecular formula is C17H19BN3O. The summed E-state index contributed by atoms with van der Waals surface area (Å²) in [6.07, 6.45) is 3.76. The van der Waals surface area contributed by atoms with E-state index in [4.69, 9.17) is 0 Å². The van der Waals surface area contributed by atoms with Gasteiger partial charge in [-0.3, -0.25) is 9.98 Å². The van der Waals surface area contributed by atoms with Gasteiger partial charge in [0.1, 0.15) is 5.75 Å². The first-order valence-corrected chi connectivity index (χ1v) is 7.03. The Morgan fingerprint density at radius 2 is 2.23 bits per heavy atom. The van der Waals surface area contributed by atoms with Crippen LogP contribution in [0.1, 0.15) is 19.4 Å². The molecule has 1 aliphatic rings. The van der Waals surface area contributed by atoms with Crippen molar-refractivity contribution in [3.63, 3.8) is 0 Å². The molecule has 0 saturated heterocycles. The zero-order valence-corrected chi connectivity index (χ0v) is 13.1. The fraction of sp³-hybridized carbons (Fsp3) is 0.176. The lowest BCUT2D eigenvalue weighted by atomic mass is 9.75. The third kappa shape index (κ3) is 3.55. The van der Waals surface area contributed by atoms with Crippen molar-refractivity contribution in [1.82, 2.24) is 0 Å². The van der Waals surface area contributed by atoms with Gasteiger partial charge in [-0.25, -0.2) is 0 Å². The van der Waals surface area contributed by atoms with Crippen molar-refractivity contribution >= 4 is 30.4 Å². The second kappa shape index (κ2) is 6.94. The van der Waals surface area contributed by atoms with Crippen molar-refractivity contribution in [1.29, 1.82) is 0 Å². The third-order valence-corrected chi connectivity index (χ3v) is 3.28. The van der Waals surface area contributed by atoms with Gasteiger partial charge in [0.2, 0.25) is 7.28 Å². The lowest BCUT2D eigenvalue weighted by molar-refractivity contribution is 0.477. The van der Waals surface area contributed by atoms with Crippen molar-refractivity contribution in [3.8, 4) is 5.75 Å². The molecule has 0 aliphatic carbocycles. The van der Waals surface area contributed by atoms with Crippen LogP contribution in [0.2, 0.25) is 0 Å². The molecule has 0 atom stereocenters. The minimum Gasteiger partial charge on any atom is -0.506 e. The molecule has 0 saturated carbocycles. The quantitative estimate of drug-likeness (QED) is 0.496. The highest BCUT2D eigenvalue weighted by Gasteiger charge is 2.11. The Bertz CT molecular complexity index is 715. The molecule has 4 nitrogen and oxygen atoms in total. The number of hydrogen-bond acceptors (Lipinski definition) is 4. The van der Waals surface area contributed by atoms with Crippen molar-refractivity contribution in [3.05, 3.63) is 53.8 Å². The van der Waals surface area contributed by atoms with Gasteiger partial charge < -0.3 is 10.4 Å². The summed E-state index contributed by atoms with van der Waals surface area (Å²) in [6.45, 7) is 7.86. The third-order valence-electron chi connectivity index (χ3n) is 3.28. The predicted molar refractivity (Wildman–Crippen MR) is 95.9 cm³/mol. The van der Waals surface area contributed by atoms with Gasteiger partial charge in [-0.15, -0.1) is 0 Å². The smallest absolute Gasteiger partial charge is 0.203 e. The lowest BCUT2D eigenvalue weighted by Gasteiger charge is -2.13. The molecule has 111 valence electrons. The Kier molecular flexibility index (Phi) is 4.99. The predicted octanol–water partition coefficient (Wildman–Crippen LogP) is 3.40. The number of nitrogens with zero attached hydrogens (tertiary/aromatic N) is 2. The lowest BCUT2D eigenvalue weighted by Crippen LogP contribution is -2.00. The van der Waals surface area contributed by atoms with E-state index in [2.05, 4.69) is 21.9 Å². The molecule has 0 fully saturated rings. The van der Waals surface area contributed by atoms with Crippen LogP contribution in [-0.4, -0.2) is 31.3 Å². The van der Waals surface area contributed by atoms with Crippen LogP contribution in [-0.2, 0) is 0 Å². The Balaban J connectivity index is 2.26. The standard InChI is InChI=1S/C17H19BN3O/c1-5-13(10-19-4)14-6-7-17(22)15(8-14)20-11(2)16-9-18-12(3)21-16/h5-10,20,22H,2H2,1,3-4H3/b13-5+,19-10?. The van der Waals surface area contributed by atoms with Crippen LogP contribution in [0, 0.1) is 0 Å². The first-order chi connectivity index (χ1) is 10.5. The second-order valence-corrected chi connectivity index (χ2v) is 4.94. The van der Waals surface area contributed by atoms with E-state index in [1.165, 1.54) is 0 Å². The fourth-order valence-corrected chi connectivity index (χ4v) is 2.13. The molecule has 0 aromatic heterocycles. The highest BCUT2D eigenvalue weighted by atomic mass is 16.3. The van der Waals surface area contributed by atoms with E-state index >= 15 is 0 Å². The van der Waals surface area contributed by atoms with Crippen LogP contribution in [0.25, 0.3) is 5.57 Å². The number of benzene rings is 1. The minimum atomic E-state index is 0.164. The summed E-state index contributed by atoms with van der Waals surface area (Å²) in [7, 11) is 3.66. The van der Waals surface area contributed by atoms with Crippen LogP contribution in [0.4, 0.5) is 5.69 Å². The van der Waals surface area contributed by atoms with Gasteiger partial charge in [0.05, 0.1) is 17.1 Å². The molecule has 1 heterocycles. The van der Waals surface area contributed by atoms with Crippen LogP contribution >= 0.6 is 0 Å². The highest BCUT2D eigenvalue weighted by Crippen LogP contribution is 2.29. The van der Waals surface area contributed by atoms with Gasteiger partial charge in [-0.2, -0.15) is 0 Å². The van der Waals surface area contributed by atoms with Crippen molar-refractivity contribution < 1.29 is 5.11 Å². The molecule has 1 aromatic carbocycles. The van der Waals surface area contributed by atoms with E-state index in [-0.39, 0.29) is 5.75 Å². The van der Waals surface area contributed by atoms with E-state index in [1.807, 2.05) is 45.3 Å². The van der Waals surface area contributed by atoms with E-state index in [0.29, 0.717) is 11.4 Å². The number of phenolic OH excluding ortho intramolecular Hbond substituents is 1. The maximum atomic E-state index is 10.0. The molecular weight excluding hydrogens is 273 g/mol. The maximum Gasteiger partial charge on any atom is 0.203 e. The molecule has 0 unspecified atom stereocenters. The zero-order chi connectivity index (χ0) is 16.1. The number of rotatable bonds is 5. The van der Waals surface area contributed by atoms with Gasteiger partial charge in [-0.05, 0) is 42.7 Å². The molecule has 22 heavy (non-hydrogen) atoms. The first-order valence-electron chi connectivity index (χ1n) is 7.03. The number of aliphatic imine (C=N–C) groups is 2. The first kappa shape index (κ1) is 15.8. The van der Waals surface area contributed by atoms with Crippen molar-refractivity contribution in [2.45, 2.75) is 13.8 Å². The van der Waals surface area contributed by atoms with Crippen LogP contribution in [0.3, 0.4) is 0 Å². The van der Waals surface area contributed by atoms with Crippen LogP contribution < -0.4 is 5.32 Å². The minimum absolute atomic E-state index is 0.164. The highest BCUT2D eigenvalue weighted by molar-refractivity contribution is 6.80. The summed E-state index contributed by atoms with van der Waals surface area (Å²) in [5.41, 5.74) is 4.89. The number of phenols is 1. The monoisotopic (exact) mass is 292 g/mol. The van der Waals surface area contributed by atoms with Gasteiger partial charge in [0.15, 0.2) is 0 Å². The Labute approximate surface area is 131 Å². The average Bonchev–Trinajstić information content (AvgIpc) is 2.94. The van der Waals surface area contributed by atoms with E-state index in [0.717, 1.165) is 22.4 Å². The summed E-state index contributed by atoms with van der Waals surface area (Å²) < 4.78 is 0. The van der Waals surface area contributed by atoms with Crippen molar-refractivity contribution in [2.24, 2.45) is 9.98 Å². The summed E-state index contributed by atoms with van der Waals surface area (Å²) in [4.78, 5) is 8.41. The Morgan fingerprint density at radius 1 is 1.45 bits per heavy atom. The van der Waals surface area contributed by atoms with Gasteiger partial charge in [-0.1, -0.05) is 24.7 Å². The molecule has 2 rings (SSSR count). The molecule has 5 heteroatoms. The molecule has 1 aromatic rings. The number of hydrogen-bond donors (Lipinski definition) is 2. The maximum absolute atomic E-state index is 10.0. The van der Waals surface area contributed by atoms with E-state index in [1.54, 1.807) is 19.3 Å². The number of anilines is 1. The van der Waals surface area contributed by atoms with Gasteiger partial charge in [0.25, 0.3) is 0 Å². The average molecular weight is 292 g/mol. The van der Waals surface area contributed by atoms with E-state index < -0.39 is 0 Å². The van der Waals surface area contributed by atoms with Crippen molar-refractivity contribution in [2.75, 3.05) is 12.4 Å². The number of nitrogens with one attached hydrogen (secondary N) is 1. The zero-order valence-electron chi connectivity index (χ0n) is 13.1. The summed E-state index contributed by atoms with van der Waals surface area (Å²) in [6, 6.07) is 5.38. The largest absolute Gasteiger partial charge is 0.506 e. The Morgan fingerprint density at radius 3 is 2.82 bits per heavy atom. The second-order valence-electron chi connectivity index (χ2n) is 4.94. The molecule has 1 radical (unpaired) electrons. The fourth-order valence-electron chi connectivity index (χ4n) is 2.13. The molecule has 0 amide bonds. The van der Waals surface area contributed by atoms with Crippen LogP contribution in [0.15, 0.2) is 58.2 Å². The SMILES string of the molecule is C=C(Nc1cc(/C(C=NC)=C/C)ccc1O)C1=C[B]C(C)=N1. The molecule has 0 spiro atoms. The number of aromatic hydroxyl groups is 1. The van der Waals surface area contributed by atoms with Gasteiger partial charge in [0, 0.05) is 13.3 Å². The number of allylic oxidation sites excluding steroid dienone is 2. The van der Waals surface area contributed by atoms with Gasteiger partial charge >= 0.3 is 0 Å². The normalized spacial score (nSPS) is 14.6. The molecule has 2 N–H and O–H groups in total. The molecule has 1 aliphatic heterocycles. The topological polar surface area (TPSA) is 57.0 Å². The summed E-state index contributed by atoms with van der Waals surface area (Å²) >= 11 is 0. The molecule has 0 bridgehead atoms. The summed E-state index contributed by atoms with van der Waals surface area (Å²) in [5.74, 6) is 2.06. The summed E-state index contributed by atoms with van der Waals surface area (Å²) in [5, 5.41) is 13.2. The van der Waals surface area contributed by atoms with E-state index in [9.17, 15) is 5.11 Å². The Hall–Kier alpha value is -2.56.